The van der Waals surface area contributed by atoms with Gasteiger partial charge < -0.3 is 15.8 Å². The summed E-state index contributed by atoms with van der Waals surface area (Å²) in [5, 5.41) is 3.06. The fraction of sp³-hybridized carbons (Fsp3) is 0.533. The van der Waals surface area contributed by atoms with Crippen LogP contribution in [0.25, 0.3) is 0 Å². The lowest BCUT2D eigenvalue weighted by Crippen LogP contribution is -2.38. The highest BCUT2D eigenvalue weighted by atomic mass is 16.5. The Morgan fingerprint density at radius 2 is 2.00 bits per heavy atom. The van der Waals surface area contributed by atoms with Gasteiger partial charge in [0.15, 0.2) is 0 Å². The third-order valence-corrected chi connectivity index (χ3v) is 2.98. The molecule has 0 saturated heterocycles. The van der Waals surface area contributed by atoms with Crippen molar-refractivity contribution in [3.05, 3.63) is 29.8 Å². The predicted octanol–water partition coefficient (Wildman–Crippen LogP) is 2.22. The van der Waals surface area contributed by atoms with Crippen LogP contribution in [0.5, 0.6) is 5.75 Å². The molecule has 0 saturated carbocycles. The van der Waals surface area contributed by atoms with E-state index in [0.29, 0.717) is 6.54 Å². The SMILES string of the molecule is CCCCCOc1ccc(CNC(C)C(N)=O)cc1. The van der Waals surface area contributed by atoms with Gasteiger partial charge in [-0.3, -0.25) is 4.79 Å². The summed E-state index contributed by atoms with van der Waals surface area (Å²) >= 11 is 0. The molecule has 1 aromatic rings. The van der Waals surface area contributed by atoms with Gasteiger partial charge in [-0.15, -0.1) is 0 Å². The highest BCUT2D eigenvalue weighted by molar-refractivity contribution is 5.79. The molecule has 1 unspecified atom stereocenters. The second-order valence-electron chi connectivity index (χ2n) is 4.70. The fourth-order valence-corrected chi connectivity index (χ4v) is 1.62. The van der Waals surface area contributed by atoms with E-state index >= 15 is 0 Å². The zero-order chi connectivity index (χ0) is 14.1. The quantitative estimate of drug-likeness (QED) is 0.672. The summed E-state index contributed by atoms with van der Waals surface area (Å²) in [6.07, 6.45) is 3.49. The second-order valence-corrected chi connectivity index (χ2v) is 4.70. The van der Waals surface area contributed by atoms with Gasteiger partial charge in [0.1, 0.15) is 5.75 Å². The summed E-state index contributed by atoms with van der Waals surface area (Å²) in [7, 11) is 0. The molecule has 106 valence electrons. The van der Waals surface area contributed by atoms with Crippen molar-refractivity contribution in [1.29, 1.82) is 0 Å². The van der Waals surface area contributed by atoms with E-state index in [1.54, 1.807) is 6.92 Å². The molecular weight excluding hydrogens is 240 g/mol. The van der Waals surface area contributed by atoms with Gasteiger partial charge >= 0.3 is 0 Å². The van der Waals surface area contributed by atoms with Gasteiger partial charge in [0.2, 0.25) is 5.91 Å². The molecule has 1 amide bonds. The van der Waals surface area contributed by atoms with Gasteiger partial charge in [-0.05, 0) is 31.0 Å². The van der Waals surface area contributed by atoms with E-state index in [-0.39, 0.29) is 11.9 Å². The van der Waals surface area contributed by atoms with Crippen LogP contribution in [-0.2, 0) is 11.3 Å². The molecule has 0 fully saturated rings. The van der Waals surface area contributed by atoms with Crippen molar-refractivity contribution in [1.82, 2.24) is 5.32 Å². The number of carbonyl (C=O) groups excluding carboxylic acids is 1. The first kappa shape index (κ1) is 15.5. The van der Waals surface area contributed by atoms with Crippen molar-refractivity contribution >= 4 is 5.91 Å². The first-order chi connectivity index (χ1) is 9.13. The van der Waals surface area contributed by atoms with Crippen molar-refractivity contribution in [2.24, 2.45) is 5.73 Å². The minimum atomic E-state index is -0.337. The lowest BCUT2D eigenvalue weighted by atomic mass is 10.2. The third-order valence-electron chi connectivity index (χ3n) is 2.98. The summed E-state index contributed by atoms with van der Waals surface area (Å²) in [5.74, 6) is 0.554. The summed E-state index contributed by atoms with van der Waals surface area (Å²) < 4.78 is 5.63. The molecule has 1 aromatic carbocycles. The Morgan fingerprint density at radius 3 is 2.58 bits per heavy atom. The Kier molecular flexibility index (Phi) is 6.97. The number of nitrogens with two attached hydrogens (primary N) is 1. The van der Waals surface area contributed by atoms with Gasteiger partial charge in [0, 0.05) is 6.54 Å². The van der Waals surface area contributed by atoms with E-state index in [4.69, 9.17) is 10.5 Å². The van der Waals surface area contributed by atoms with Crippen LogP contribution in [-0.4, -0.2) is 18.6 Å². The van der Waals surface area contributed by atoms with Crippen LogP contribution in [0.4, 0.5) is 0 Å². The highest BCUT2D eigenvalue weighted by Gasteiger charge is 2.06. The molecule has 0 aliphatic carbocycles. The number of amides is 1. The van der Waals surface area contributed by atoms with E-state index in [0.717, 1.165) is 24.3 Å². The second kappa shape index (κ2) is 8.53. The Bertz CT molecular complexity index is 376. The third kappa shape index (κ3) is 6.25. The molecule has 0 spiro atoms. The monoisotopic (exact) mass is 264 g/mol. The first-order valence-electron chi connectivity index (χ1n) is 6.88. The largest absolute Gasteiger partial charge is 0.494 e. The van der Waals surface area contributed by atoms with Crippen LogP contribution in [0, 0.1) is 0 Å². The lowest BCUT2D eigenvalue weighted by Gasteiger charge is -2.10. The van der Waals surface area contributed by atoms with E-state index in [1.807, 2.05) is 24.3 Å². The van der Waals surface area contributed by atoms with Crippen molar-refractivity contribution in [2.75, 3.05) is 6.61 Å². The maximum absolute atomic E-state index is 10.9. The molecular formula is C15H24N2O2. The molecule has 0 aliphatic heterocycles. The Morgan fingerprint density at radius 1 is 1.32 bits per heavy atom. The molecule has 0 heterocycles. The van der Waals surface area contributed by atoms with Crippen LogP contribution in [0.1, 0.15) is 38.7 Å². The number of unbranched alkanes of at least 4 members (excludes halogenated alkanes) is 2. The zero-order valence-corrected chi connectivity index (χ0v) is 11.8. The summed E-state index contributed by atoms with van der Waals surface area (Å²) in [5.41, 5.74) is 6.29. The number of hydrogen-bond donors (Lipinski definition) is 2. The van der Waals surface area contributed by atoms with E-state index in [2.05, 4.69) is 12.2 Å². The topological polar surface area (TPSA) is 64.3 Å². The Labute approximate surface area is 115 Å². The summed E-state index contributed by atoms with van der Waals surface area (Å²) in [6, 6.07) is 7.59. The number of nitrogens with one attached hydrogen (secondary N) is 1. The molecule has 3 N–H and O–H groups in total. The van der Waals surface area contributed by atoms with Crippen molar-refractivity contribution < 1.29 is 9.53 Å². The molecule has 1 atom stereocenters. The van der Waals surface area contributed by atoms with Crippen LogP contribution >= 0.6 is 0 Å². The lowest BCUT2D eigenvalue weighted by molar-refractivity contribution is -0.119. The predicted molar refractivity (Wildman–Crippen MR) is 77.0 cm³/mol. The van der Waals surface area contributed by atoms with E-state index < -0.39 is 0 Å². The minimum absolute atomic E-state index is 0.315. The van der Waals surface area contributed by atoms with Crippen LogP contribution < -0.4 is 15.8 Å². The van der Waals surface area contributed by atoms with Crippen molar-refractivity contribution in [3.8, 4) is 5.75 Å². The fourth-order valence-electron chi connectivity index (χ4n) is 1.62. The molecule has 0 bridgehead atoms. The van der Waals surface area contributed by atoms with Crippen LogP contribution in [0.2, 0.25) is 0 Å². The molecule has 0 radical (unpaired) electrons. The van der Waals surface area contributed by atoms with Gasteiger partial charge in [-0.2, -0.15) is 0 Å². The molecule has 0 aliphatic rings. The summed E-state index contributed by atoms with van der Waals surface area (Å²) in [4.78, 5) is 10.9. The van der Waals surface area contributed by atoms with Gasteiger partial charge in [-0.1, -0.05) is 31.9 Å². The number of primary amides is 1. The smallest absolute Gasteiger partial charge is 0.234 e. The first-order valence-corrected chi connectivity index (χ1v) is 6.88. The normalized spacial score (nSPS) is 12.1. The molecule has 0 aromatic heterocycles. The number of rotatable bonds is 9. The number of benzene rings is 1. The average Bonchev–Trinajstić information content (AvgIpc) is 2.42. The molecule has 1 rings (SSSR count). The summed E-state index contributed by atoms with van der Waals surface area (Å²) in [6.45, 7) is 5.33. The van der Waals surface area contributed by atoms with Gasteiger partial charge in [0.25, 0.3) is 0 Å². The number of ether oxygens (including phenoxy) is 1. The van der Waals surface area contributed by atoms with Crippen LogP contribution in [0.3, 0.4) is 0 Å². The maximum Gasteiger partial charge on any atom is 0.234 e. The average molecular weight is 264 g/mol. The Balaban J connectivity index is 2.33. The standard InChI is InChI=1S/C15H24N2O2/c1-3-4-5-10-19-14-8-6-13(7-9-14)11-17-12(2)15(16)18/h6-9,12,17H,3-5,10-11H2,1-2H3,(H2,16,18). The van der Waals surface area contributed by atoms with Crippen molar-refractivity contribution in [3.63, 3.8) is 0 Å². The van der Waals surface area contributed by atoms with Crippen molar-refractivity contribution in [2.45, 2.75) is 45.7 Å². The number of hydrogen-bond acceptors (Lipinski definition) is 3. The van der Waals surface area contributed by atoms with Crippen LogP contribution in [0.15, 0.2) is 24.3 Å². The Hall–Kier alpha value is -1.55. The van der Waals surface area contributed by atoms with E-state index in [1.165, 1.54) is 12.8 Å². The number of carbonyl (C=O) groups is 1. The van der Waals surface area contributed by atoms with Gasteiger partial charge in [0.05, 0.1) is 12.6 Å². The minimum Gasteiger partial charge on any atom is -0.494 e. The maximum atomic E-state index is 10.9. The molecule has 4 heteroatoms. The zero-order valence-electron chi connectivity index (χ0n) is 11.8. The highest BCUT2D eigenvalue weighted by Crippen LogP contribution is 2.13. The molecule has 4 nitrogen and oxygen atoms in total. The van der Waals surface area contributed by atoms with Gasteiger partial charge in [-0.25, -0.2) is 0 Å². The van der Waals surface area contributed by atoms with E-state index in [9.17, 15) is 4.79 Å². The molecule has 19 heavy (non-hydrogen) atoms.